The van der Waals surface area contributed by atoms with E-state index < -0.39 is 5.66 Å². The van der Waals surface area contributed by atoms with Gasteiger partial charge in [-0.3, -0.25) is 0 Å². The third-order valence-corrected chi connectivity index (χ3v) is 5.32. The topological polar surface area (TPSA) is 36.8 Å². The lowest BCUT2D eigenvalue weighted by Crippen LogP contribution is -2.36. The van der Waals surface area contributed by atoms with Crippen LogP contribution in [0.25, 0.3) is 0 Å². The van der Waals surface area contributed by atoms with E-state index in [4.69, 9.17) is 9.98 Å². The first-order valence-electron chi connectivity index (χ1n) is 8.15. The lowest BCUT2D eigenvalue weighted by atomic mass is 9.91. The molecule has 1 aliphatic rings. The normalized spacial score (nSPS) is 18.9. The summed E-state index contributed by atoms with van der Waals surface area (Å²) in [7, 11) is 0. The standard InChI is InChI=1S/C21H15Br2N3/c22-18-10-6-15(7-11-18)20-24-14-25-21(26-20,16-4-2-1-3-5-16)17-8-12-19(23)13-9-17/h1-14H,(H,24,25,26). The van der Waals surface area contributed by atoms with E-state index in [1.807, 2.05) is 54.6 Å². The summed E-state index contributed by atoms with van der Waals surface area (Å²) in [5.41, 5.74) is 2.24. The highest BCUT2D eigenvalue weighted by Gasteiger charge is 2.35. The van der Waals surface area contributed by atoms with E-state index in [2.05, 4.69) is 61.4 Å². The Bertz CT molecular complexity index is 964. The van der Waals surface area contributed by atoms with Crippen LogP contribution in [0.2, 0.25) is 0 Å². The highest BCUT2D eigenvalue weighted by molar-refractivity contribution is 9.10. The van der Waals surface area contributed by atoms with Crippen LogP contribution in [0.1, 0.15) is 16.7 Å². The predicted molar refractivity (Wildman–Crippen MR) is 114 cm³/mol. The van der Waals surface area contributed by atoms with Crippen molar-refractivity contribution in [3.8, 4) is 0 Å². The van der Waals surface area contributed by atoms with Crippen LogP contribution >= 0.6 is 31.9 Å². The summed E-state index contributed by atoms with van der Waals surface area (Å²) in [6, 6.07) is 26.4. The molecule has 0 aromatic heterocycles. The average Bonchev–Trinajstić information content (AvgIpc) is 2.70. The second-order valence-corrected chi connectivity index (χ2v) is 7.75. The van der Waals surface area contributed by atoms with Crippen molar-refractivity contribution < 1.29 is 0 Å². The molecule has 3 nitrogen and oxygen atoms in total. The molecular formula is C21H15Br2N3. The highest BCUT2D eigenvalue weighted by Crippen LogP contribution is 2.37. The van der Waals surface area contributed by atoms with Crippen molar-refractivity contribution in [1.29, 1.82) is 0 Å². The molecule has 4 rings (SSSR count). The molecule has 1 unspecified atom stereocenters. The number of nitrogens with zero attached hydrogens (tertiary/aromatic N) is 2. The van der Waals surface area contributed by atoms with E-state index in [1.54, 1.807) is 6.34 Å². The maximum atomic E-state index is 5.06. The molecule has 0 saturated carbocycles. The smallest absolute Gasteiger partial charge is 0.205 e. The lowest BCUT2D eigenvalue weighted by molar-refractivity contribution is 0.567. The van der Waals surface area contributed by atoms with Crippen molar-refractivity contribution in [3.63, 3.8) is 0 Å². The minimum atomic E-state index is -0.810. The molecule has 3 aromatic rings. The van der Waals surface area contributed by atoms with Crippen LogP contribution < -0.4 is 5.32 Å². The fourth-order valence-corrected chi connectivity index (χ4v) is 3.49. The summed E-state index contributed by atoms with van der Waals surface area (Å²) in [5, 5.41) is 3.19. The second kappa shape index (κ2) is 7.17. The van der Waals surface area contributed by atoms with Crippen LogP contribution in [0.3, 0.4) is 0 Å². The molecule has 3 aromatic carbocycles. The number of nitrogens with one attached hydrogen (secondary N) is 1. The number of hydrogen-bond donors (Lipinski definition) is 1. The van der Waals surface area contributed by atoms with Gasteiger partial charge in [0.05, 0.1) is 6.34 Å². The van der Waals surface area contributed by atoms with E-state index in [9.17, 15) is 0 Å². The van der Waals surface area contributed by atoms with Gasteiger partial charge < -0.3 is 5.32 Å². The van der Waals surface area contributed by atoms with Gasteiger partial charge in [-0.15, -0.1) is 0 Å². The third-order valence-electron chi connectivity index (χ3n) is 4.27. The number of aliphatic imine (C=N–C) groups is 2. The van der Waals surface area contributed by atoms with Crippen LogP contribution in [0.5, 0.6) is 0 Å². The summed E-state index contributed by atoms with van der Waals surface area (Å²) in [6.07, 6.45) is 1.74. The molecule has 0 radical (unpaired) electrons. The summed E-state index contributed by atoms with van der Waals surface area (Å²) < 4.78 is 2.06. The molecule has 0 bridgehead atoms. The Morgan fingerprint density at radius 2 is 1.27 bits per heavy atom. The number of halogens is 2. The van der Waals surface area contributed by atoms with Gasteiger partial charge in [0, 0.05) is 25.6 Å². The molecule has 1 atom stereocenters. The first-order valence-corrected chi connectivity index (χ1v) is 9.74. The zero-order valence-electron chi connectivity index (χ0n) is 13.7. The first-order chi connectivity index (χ1) is 12.7. The number of amidine groups is 1. The zero-order chi connectivity index (χ0) is 18.0. The van der Waals surface area contributed by atoms with Gasteiger partial charge >= 0.3 is 0 Å². The Balaban J connectivity index is 1.90. The second-order valence-electron chi connectivity index (χ2n) is 5.91. The Kier molecular flexibility index (Phi) is 4.74. The van der Waals surface area contributed by atoms with Gasteiger partial charge in [0.2, 0.25) is 5.66 Å². The van der Waals surface area contributed by atoms with Crippen LogP contribution in [-0.4, -0.2) is 12.2 Å². The van der Waals surface area contributed by atoms with Gasteiger partial charge in [0.25, 0.3) is 0 Å². The Hall–Kier alpha value is -2.24. The van der Waals surface area contributed by atoms with Gasteiger partial charge in [-0.2, -0.15) is 0 Å². The number of hydrogen-bond acceptors (Lipinski definition) is 3. The third kappa shape index (κ3) is 3.24. The van der Waals surface area contributed by atoms with E-state index in [0.29, 0.717) is 0 Å². The molecule has 128 valence electrons. The van der Waals surface area contributed by atoms with Crippen molar-refractivity contribution in [2.75, 3.05) is 0 Å². The summed E-state index contributed by atoms with van der Waals surface area (Å²) in [5.74, 6) is 0.791. The Labute approximate surface area is 169 Å². The summed E-state index contributed by atoms with van der Waals surface area (Å²) >= 11 is 6.99. The fourth-order valence-electron chi connectivity index (χ4n) is 2.96. The molecule has 26 heavy (non-hydrogen) atoms. The van der Waals surface area contributed by atoms with Crippen molar-refractivity contribution in [1.82, 2.24) is 5.32 Å². The van der Waals surface area contributed by atoms with E-state index in [1.165, 1.54) is 0 Å². The molecule has 0 saturated heterocycles. The predicted octanol–water partition coefficient (Wildman–Crippen LogP) is 5.49. The number of benzene rings is 3. The Morgan fingerprint density at radius 3 is 1.92 bits per heavy atom. The van der Waals surface area contributed by atoms with Crippen LogP contribution in [-0.2, 0) is 5.66 Å². The SMILES string of the molecule is Brc1ccc(C2=NC(c3ccccc3)(c3ccc(Br)cc3)N=CN2)cc1. The summed E-state index contributed by atoms with van der Waals surface area (Å²) in [4.78, 5) is 9.84. The monoisotopic (exact) mass is 467 g/mol. The van der Waals surface area contributed by atoms with Crippen molar-refractivity contribution in [2.24, 2.45) is 9.98 Å². The van der Waals surface area contributed by atoms with Gasteiger partial charge in [-0.05, 0) is 24.3 Å². The molecule has 5 heteroatoms. The van der Waals surface area contributed by atoms with E-state index >= 15 is 0 Å². The molecule has 0 spiro atoms. The molecule has 0 amide bonds. The lowest BCUT2D eigenvalue weighted by Gasteiger charge is -2.31. The van der Waals surface area contributed by atoms with Gasteiger partial charge in [0.15, 0.2) is 0 Å². The van der Waals surface area contributed by atoms with Gasteiger partial charge in [-0.25, -0.2) is 9.98 Å². The minimum absolute atomic E-state index is 0.791. The molecule has 1 N–H and O–H groups in total. The van der Waals surface area contributed by atoms with Crippen LogP contribution in [0.15, 0.2) is 97.8 Å². The Morgan fingerprint density at radius 1 is 0.692 bits per heavy atom. The van der Waals surface area contributed by atoms with Crippen molar-refractivity contribution in [3.05, 3.63) is 104 Å². The van der Waals surface area contributed by atoms with E-state index in [0.717, 1.165) is 31.5 Å². The number of rotatable bonds is 3. The van der Waals surface area contributed by atoms with Gasteiger partial charge in [-0.1, -0.05) is 86.5 Å². The molecule has 1 aliphatic heterocycles. The maximum Gasteiger partial charge on any atom is 0.205 e. The quantitative estimate of drug-likeness (QED) is 0.542. The van der Waals surface area contributed by atoms with E-state index in [-0.39, 0.29) is 0 Å². The van der Waals surface area contributed by atoms with Gasteiger partial charge in [0.1, 0.15) is 5.84 Å². The average molecular weight is 469 g/mol. The van der Waals surface area contributed by atoms with Crippen LogP contribution in [0, 0.1) is 0 Å². The first kappa shape index (κ1) is 17.2. The van der Waals surface area contributed by atoms with Crippen LogP contribution in [0.4, 0.5) is 0 Å². The maximum absolute atomic E-state index is 5.06. The molecule has 0 aliphatic carbocycles. The zero-order valence-corrected chi connectivity index (χ0v) is 16.9. The molecule has 0 fully saturated rings. The minimum Gasteiger partial charge on any atom is -0.331 e. The largest absolute Gasteiger partial charge is 0.331 e. The highest BCUT2D eigenvalue weighted by atomic mass is 79.9. The van der Waals surface area contributed by atoms with Crippen molar-refractivity contribution >= 4 is 44.0 Å². The molecule has 1 heterocycles. The fraction of sp³-hybridized carbons (Fsp3) is 0.0476. The molecular weight excluding hydrogens is 454 g/mol. The summed E-state index contributed by atoms with van der Waals surface area (Å²) in [6.45, 7) is 0. The van der Waals surface area contributed by atoms with Crippen molar-refractivity contribution in [2.45, 2.75) is 5.66 Å².